The number of rotatable bonds is 3. The van der Waals surface area contributed by atoms with E-state index in [1.165, 1.54) is 29.2 Å². The first kappa shape index (κ1) is 10.8. The highest BCUT2D eigenvalue weighted by molar-refractivity contribution is 5.88. The third-order valence-electron chi connectivity index (χ3n) is 3.79. The summed E-state index contributed by atoms with van der Waals surface area (Å²) in [6, 6.07) is 12.6. The molecule has 1 aliphatic rings. The van der Waals surface area contributed by atoms with E-state index in [0.29, 0.717) is 0 Å². The Morgan fingerprint density at radius 1 is 1.12 bits per heavy atom. The minimum absolute atomic E-state index is 0.298. The van der Waals surface area contributed by atoms with E-state index in [-0.39, 0.29) is 6.10 Å². The van der Waals surface area contributed by atoms with E-state index in [0.717, 1.165) is 17.9 Å². The zero-order valence-electron chi connectivity index (χ0n) is 10.2. The fraction of sp³-hybridized carbons (Fsp3) is 0.375. The summed E-state index contributed by atoms with van der Waals surface area (Å²) in [6.45, 7) is 2.12. The smallest absolute Gasteiger partial charge is 0.0798 e. The third kappa shape index (κ3) is 2.07. The van der Waals surface area contributed by atoms with Crippen molar-refractivity contribution in [1.29, 1.82) is 0 Å². The summed E-state index contributed by atoms with van der Waals surface area (Å²) in [5.74, 6) is 0.755. The molecule has 1 fully saturated rings. The Balaban J connectivity index is 2.05. The lowest BCUT2D eigenvalue weighted by molar-refractivity contribution is 0.162. The van der Waals surface area contributed by atoms with E-state index in [4.69, 9.17) is 0 Å². The van der Waals surface area contributed by atoms with Crippen LogP contribution in [0.3, 0.4) is 0 Å². The van der Waals surface area contributed by atoms with Crippen LogP contribution in [-0.2, 0) is 0 Å². The zero-order chi connectivity index (χ0) is 11.8. The van der Waals surface area contributed by atoms with Crippen LogP contribution in [0.2, 0.25) is 0 Å². The molecule has 1 unspecified atom stereocenters. The number of aryl methyl sites for hydroxylation is 1. The van der Waals surface area contributed by atoms with Crippen LogP contribution < -0.4 is 0 Å². The summed E-state index contributed by atoms with van der Waals surface area (Å²) in [6.07, 6.45) is 3.21. The molecule has 1 nitrogen and oxygen atoms in total. The van der Waals surface area contributed by atoms with E-state index in [2.05, 4.69) is 43.3 Å². The molecule has 1 aliphatic carbocycles. The summed E-state index contributed by atoms with van der Waals surface area (Å²) < 4.78 is 0. The van der Waals surface area contributed by atoms with Crippen molar-refractivity contribution in [3.63, 3.8) is 0 Å². The molecule has 1 saturated carbocycles. The monoisotopic (exact) mass is 226 g/mol. The number of aliphatic hydroxyl groups excluding tert-OH is 1. The van der Waals surface area contributed by atoms with Crippen LogP contribution in [0.4, 0.5) is 0 Å². The zero-order valence-corrected chi connectivity index (χ0v) is 10.2. The largest absolute Gasteiger partial charge is 0.388 e. The molecule has 3 rings (SSSR count). The van der Waals surface area contributed by atoms with Gasteiger partial charge in [0, 0.05) is 0 Å². The molecule has 0 spiro atoms. The van der Waals surface area contributed by atoms with Gasteiger partial charge in [-0.3, -0.25) is 0 Å². The Kier molecular flexibility index (Phi) is 2.64. The Hall–Kier alpha value is -1.34. The maximum atomic E-state index is 10.3. The summed E-state index contributed by atoms with van der Waals surface area (Å²) in [4.78, 5) is 0. The quantitative estimate of drug-likeness (QED) is 0.839. The fourth-order valence-corrected chi connectivity index (χ4v) is 2.56. The second-order valence-electron chi connectivity index (χ2n) is 5.21. The van der Waals surface area contributed by atoms with Gasteiger partial charge in [-0.1, -0.05) is 49.2 Å². The van der Waals surface area contributed by atoms with Gasteiger partial charge >= 0.3 is 0 Å². The van der Waals surface area contributed by atoms with E-state index < -0.39 is 0 Å². The van der Waals surface area contributed by atoms with Crippen molar-refractivity contribution in [3.05, 3.63) is 47.5 Å². The van der Waals surface area contributed by atoms with Crippen LogP contribution in [0.1, 0.15) is 36.5 Å². The number of fused-ring (bicyclic) bond motifs is 1. The highest BCUT2D eigenvalue weighted by Gasteiger charge is 2.25. The van der Waals surface area contributed by atoms with Crippen molar-refractivity contribution in [2.45, 2.75) is 32.3 Å². The Morgan fingerprint density at radius 2 is 1.82 bits per heavy atom. The Morgan fingerprint density at radius 3 is 2.53 bits per heavy atom. The van der Waals surface area contributed by atoms with Gasteiger partial charge in [0.05, 0.1) is 6.10 Å². The molecule has 0 aromatic heterocycles. The van der Waals surface area contributed by atoms with Gasteiger partial charge in [-0.05, 0) is 41.2 Å². The number of benzene rings is 2. The second-order valence-corrected chi connectivity index (χ2v) is 5.21. The van der Waals surface area contributed by atoms with Crippen LogP contribution in [-0.4, -0.2) is 5.11 Å². The van der Waals surface area contributed by atoms with E-state index in [1.54, 1.807) is 0 Å². The van der Waals surface area contributed by atoms with Gasteiger partial charge in [-0.2, -0.15) is 0 Å². The minimum atomic E-state index is -0.298. The highest BCUT2D eigenvalue weighted by Crippen LogP contribution is 2.39. The van der Waals surface area contributed by atoms with Gasteiger partial charge in [0.2, 0.25) is 0 Å². The first-order valence-corrected chi connectivity index (χ1v) is 6.42. The first-order chi connectivity index (χ1) is 8.25. The maximum Gasteiger partial charge on any atom is 0.0798 e. The molecule has 17 heavy (non-hydrogen) atoms. The highest BCUT2D eigenvalue weighted by atomic mass is 16.3. The van der Waals surface area contributed by atoms with E-state index >= 15 is 0 Å². The topological polar surface area (TPSA) is 20.2 Å². The average Bonchev–Trinajstić information content (AvgIpc) is 3.14. The van der Waals surface area contributed by atoms with Crippen molar-refractivity contribution in [2.75, 3.05) is 0 Å². The first-order valence-electron chi connectivity index (χ1n) is 6.42. The van der Waals surface area contributed by atoms with Crippen molar-refractivity contribution < 1.29 is 5.11 Å². The molecule has 0 amide bonds. The van der Waals surface area contributed by atoms with Gasteiger partial charge in [0.15, 0.2) is 0 Å². The standard InChI is InChI=1S/C16H18O/c1-11-6-9-15(16(17)10-12-7-8-12)14-5-3-2-4-13(11)14/h2-6,9,12,16-17H,7-8,10H2,1H3. The molecular formula is C16H18O. The van der Waals surface area contributed by atoms with Crippen LogP contribution >= 0.6 is 0 Å². The molecule has 0 radical (unpaired) electrons. The van der Waals surface area contributed by atoms with Crippen molar-refractivity contribution in [2.24, 2.45) is 5.92 Å². The predicted molar refractivity (Wildman–Crippen MR) is 71.0 cm³/mol. The molecule has 2 aromatic rings. The molecule has 0 heterocycles. The number of aliphatic hydroxyl groups is 1. The molecule has 0 aliphatic heterocycles. The van der Waals surface area contributed by atoms with E-state index in [9.17, 15) is 5.11 Å². The van der Waals surface area contributed by atoms with Gasteiger partial charge in [0.1, 0.15) is 0 Å². The molecule has 1 atom stereocenters. The average molecular weight is 226 g/mol. The molecule has 0 bridgehead atoms. The minimum Gasteiger partial charge on any atom is -0.388 e. The summed E-state index contributed by atoms with van der Waals surface area (Å²) in [5, 5.41) is 12.8. The Labute approximate surface area is 102 Å². The summed E-state index contributed by atoms with van der Waals surface area (Å²) in [5.41, 5.74) is 2.38. The van der Waals surface area contributed by atoms with Gasteiger partial charge in [0.25, 0.3) is 0 Å². The SMILES string of the molecule is Cc1ccc(C(O)CC2CC2)c2ccccc12. The number of hydrogen-bond donors (Lipinski definition) is 1. The van der Waals surface area contributed by atoms with Crippen molar-refractivity contribution in [1.82, 2.24) is 0 Å². The van der Waals surface area contributed by atoms with Crippen LogP contribution in [0, 0.1) is 12.8 Å². The van der Waals surface area contributed by atoms with E-state index in [1.807, 2.05) is 0 Å². The summed E-state index contributed by atoms with van der Waals surface area (Å²) in [7, 11) is 0. The summed E-state index contributed by atoms with van der Waals surface area (Å²) >= 11 is 0. The molecule has 1 N–H and O–H groups in total. The van der Waals surface area contributed by atoms with Gasteiger partial charge in [-0.15, -0.1) is 0 Å². The second kappa shape index (κ2) is 4.15. The van der Waals surface area contributed by atoms with Gasteiger partial charge in [-0.25, -0.2) is 0 Å². The predicted octanol–water partition coefficient (Wildman–Crippen LogP) is 3.98. The fourth-order valence-electron chi connectivity index (χ4n) is 2.56. The van der Waals surface area contributed by atoms with Crippen LogP contribution in [0.5, 0.6) is 0 Å². The van der Waals surface area contributed by atoms with Crippen molar-refractivity contribution >= 4 is 10.8 Å². The maximum absolute atomic E-state index is 10.3. The lowest BCUT2D eigenvalue weighted by Crippen LogP contribution is -2.00. The van der Waals surface area contributed by atoms with Gasteiger partial charge < -0.3 is 5.11 Å². The van der Waals surface area contributed by atoms with Crippen molar-refractivity contribution in [3.8, 4) is 0 Å². The molecule has 1 heteroatoms. The molecule has 88 valence electrons. The lowest BCUT2D eigenvalue weighted by Gasteiger charge is -2.14. The van der Waals surface area contributed by atoms with Crippen LogP contribution in [0.25, 0.3) is 10.8 Å². The lowest BCUT2D eigenvalue weighted by atomic mass is 9.95. The normalized spacial score (nSPS) is 17.3. The molecule has 2 aromatic carbocycles. The molecular weight excluding hydrogens is 208 g/mol. The molecule has 0 saturated heterocycles. The third-order valence-corrected chi connectivity index (χ3v) is 3.79. The number of hydrogen-bond acceptors (Lipinski definition) is 1. The Bertz CT molecular complexity index is 540. The van der Waals surface area contributed by atoms with Crippen LogP contribution in [0.15, 0.2) is 36.4 Å².